The molecule has 1 saturated carbocycles. The van der Waals surface area contributed by atoms with Crippen LogP contribution in [0.25, 0.3) is 5.69 Å². The van der Waals surface area contributed by atoms with Gasteiger partial charge in [0.15, 0.2) is 0 Å². The molecule has 0 atom stereocenters. The van der Waals surface area contributed by atoms with Crippen LogP contribution in [0.4, 0.5) is 10.5 Å². The number of nitrogens with zero attached hydrogens (tertiary/aromatic N) is 4. The fourth-order valence-electron chi connectivity index (χ4n) is 4.30. The van der Waals surface area contributed by atoms with E-state index < -0.39 is 0 Å². The van der Waals surface area contributed by atoms with E-state index in [0.717, 1.165) is 49.4 Å². The number of amides is 2. The predicted octanol–water partition coefficient (Wildman–Crippen LogP) is 3.66. The fourth-order valence-corrected chi connectivity index (χ4v) is 4.30. The Bertz CT molecular complexity index is 755. The summed E-state index contributed by atoms with van der Waals surface area (Å²) in [6, 6.07) is 8.65. The summed E-state index contributed by atoms with van der Waals surface area (Å²) in [4.78, 5) is 21.4. The number of carbonyl (C=O) groups is 1. The first-order chi connectivity index (χ1) is 13.2. The van der Waals surface area contributed by atoms with Crippen molar-refractivity contribution in [2.45, 2.75) is 45.1 Å². The Morgan fingerprint density at radius 3 is 2.37 bits per heavy atom. The standard InChI is InChI=1S/C21H29N5O/c1-17-22-11-12-26(17)20-9-7-18(8-10-20)23-21(27)25-15-13-24(14-16-25)19-5-3-2-4-6-19/h7-12,19H,2-6,13-16H2,1H3,(H,23,27). The zero-order valence-electron chi connectivity index (χ0n) is 16.1. The van der Waals surface area contributed by atoms with E-state index in [-0.39, 0.29) is 6.03 Å². The molecule has 0 unspecified atom stereocenters. The SMILES string of the molecule is Cc1nccn1-c1ccc(NC(=O)N2CCN(C3CCCCC3)CC2)cc1. The van der Waals surface area contributed by atoms with Crippen LogP contribution < -0.4 is 5.32 Å². The van der Waals surface area contributed by atoms with Gasteiger partial charge >= 0.3 is 6.03 Å². The zero-order chi connectivity index (χ0) is 18.6. The maximum absolute atomic E-state index is 12.6. The fraction of sp³-hybridized carbons (Fsp3) is 0.524. The molecule has 1 N–H and O–H groups in total. The molecule has 2 amide bonds. The molecule has 0 spiro atoms. The van der Waals surface area contributed by atoms with Crippen molar-refractivity contribution in [3.63, 3.8) is 0 Å². The maximum Gasteiger partial charge on any atom is 0.321 e. The molecule has 1 saturated heterocycles. The Hall–Kier alpha value is -2.34. The minimum atomic E-state index is 0.00450. The second-order valence-electron chi connectivity index (χ2n) is 7.64. The van der Waals surface area contributed by atoms with E-state index in [1.165, 1.54) is 32.1 Å². The summed E-state index contributed by atoms with van der Waals surface area (Å²) in [6.45, 7) is 5.60. The Balaban J connectivity index is 1.30. The number of rotatable bonds is 3. The first-order valence-corrected chi connectivity index (χ1v) is 10.1. The Kier molecular flexibility index (Phi) is 5.43. The zero-order valence-corrected chi connectivity index (χ0v) is 16.1. The lowest BCUT2D eigenvalue weighted by Gasteiger charge is -2.40. The van der Waals surface area contributed by atoms with Gasteiger partial charge in [-0.2, -0.15) is 0 Å². The minimum Gasteiger partial charge on any atom is -0.322 e. The van der Waals surface area contributed by atoms with Crippen molar-refractivity contribution < 1.29 is 4.79 Å². The van der Waals surface area contributed by atoms with Gasteiger partial charge in [0.05, 0.1) is 0 Å². The summed E-state index contributed by atoms with van der Waals surface area (Å²) in [5.74, 6) is 0.947. The summed E-state index contributed by atoms with van der Waals surface area (Å²) in [5.41, 5.74) is 1.88. The summed E-state index contributed by atoms with van der Waals surface area (Å²) in [5, 5.41) is 3.04. The molecule has 1 aromatic heterocycles. The second-order valence-corrected chi connectivity index (χ2v) is 7.64. The first-order valence-electron chi connectivity index (χ1n) is 10.1. The van der Waals surface area contributed by atoms with Gasteiger partial charge in [-0.05, 0) is 44.0 Å². The molecule has 0 bridgehead atoms. The van der Waals surface area contributed by atoms with E-state index in [4.69, 9.17) is 0 Å². The highest BCUT2D eigenvalue weighted by atomic mass is 16.2. The molecule has 1 aromatic carbocycles. The van der Waals surface area contributed by atoms with Crippen molar-refractivity contribution >= 4 is 11.7 Å². The lowest BCUT2D eigenvalue weighted by molar-refractivity contribution is 0.0943. The van der Waals surface area contributed by atoms with Crippen LogP contribution in [0.3, 0.4) is 0 Å². The first kappa shape index (κ1) is 18.0. The number of imidazole rings is 1. The van der Waals surface area contributed by atoms with E-state index >= 15 is 0 Å². The molecule has 6 nitrogen and oxygen atoms in total. The summed E-state index contributed by atoms with van der Waals surface area (Å²) in [7, 11) is 0. The Morgan fingerprint density at radius 2 is 1.74 bits per heavy atom. The number of nitrogens with one attached hydrogen (secondary N) is 1. The number of carbonyl (C=O) groups excluding carboxylic acids is 1. The van der Waals surface area contributed by atoms with Gasteiger partial charge in [0.2, 0.25) is 0 Å². The van der Waals surface area contributed by atoms with Gasteiger partial charge in [-0.25, -0.2) is 9.78 Å². The number of hydrogen-bond acceptors (Lipinski definition) is 3. The summed E-state index contributed by atoms with van der Waals surface area (Å²) in [6.07, 6.45) is 10.5. The number of anilines is 1. The molecule has 144 valence electrons. The number of benzene rings is 1. The van der Waals surface area contributed by atoms with E-state index in [2.05, 4.69) is 15.2 Å². The lowest BCUT2D eigenvalue weighted by atomic mass is 9.94. The third kappa shape index (κ3) is 4.16. The highest BCUT2D eigenvalue weighted by molar-refractivity contribution is 5.89. The van der Waals surface area contributed by atoms with Crippen LogP contribution in [0.2, 0.25) is 0 Å². The molecule has 27 heavy (non-hydrogen) atoms. The number of hydrogen-bond donors (Lipinski definition) is 1. The number of aromatic nitrogens is 2. The van der Waals surface area contributed by atoms with E-state index in [0.29, 0.717) is 0 Å². The Morgan fingerprint density at radius 1 is 1.04 bits per heavy atom. The largest absolute Gasteiger partial charge is 0.322 e. The van der Waals surface area contributed by atoms with Crippen LogP contribution in [-0.2, 0) is 0 Å². The molecule has 1 aliphatic carbocycles. The van der Waals surface area contributed by atoms with Crippen LogP contribution in [0, 0.1) is 6.92 Å². The average Bonchev–Trinajstić information content (AvgIpc) is 3.15. The van der Waals surface area contributed by atoms with Crippen LogP contribution in [0.1, 0.15) is 37.9 Å². The number of aryl methyl sites for hydroxylation is 1. The van der Waals surface area contributed by atoms with Gasteiger partial charge in [0, 0.05) is 56.0 Å². The molecular formula is C21H29N5O. The second kappa shape index (κ2) is 8.13. The number of urea groups is 1. The average molecular weight is 367 g/mol. The van der Waals surface area contributed by atoms with Crippen LogP contribution in [-0.4, -0.2) is 57.6 Å². The van der Waals surface area contributed by atoms with E-state index in [1.807, 2.05) is 46.9 Å². The molecule has 1 aliphatic heterocycles. The third-order valence-corrected chi connectivity index (χ3v) is 5.92. The van der Waals surface area contributed by atoms with Crippen molar-refractivity contribution in [2.24, 2.45) is 0 Å². The molecule has 2 fully saturated rings. The van der Waals surface area contributed by atoms with Crippen molar-refractivity contribution in [3.8, 4) is 5.69 Å². The molecule has 2 heterocycles. The van der Waals surface area contributed by atoms with Gasteiger partial charge in [-0.15, -0.1) is 0 Å². The maximum atomic E-state index is 12.6. The van der Waals surface area contributed by atoms with Gasteiger partial charge < -0.3 is 14.8 Å². The topological polar surface area (TPSA) is 53.4 Å². The molecule has 4 rings (SSSR count). The van der Waals surface area contributed by atoms with Crippen LogP contribution in [0.15, 0.2) is 36.7 Å². The van der Waals surface area contributed by atoms with Gasteiger partial charge in [0.25, 0.3) is 0 Å². The smallest absolute Gasteiger partial charge is 0.321 e. The monoisotopic (exact) mass is 367 g/mol. The number of piperazine rings is 1. The van der Waals surface area contributed by atoms with Crippen molar-refractivity contribution in [1.29, 1.82) is 0 Å². The highest BCUT2D eigenvalue weighted by Crippen LogP contribution is 2.23. The Labute approximate surface area is 161 Å². The highest BCUT2D eigenvalue weighted by Gasteiger charge is 2.27. The summed E-state index contributed by atoms with van der Waals surface area (Å²) >= 11 is 0. The minimum absolute atomic E-state index is 0.00450. The van der Waals surface area contributed by atoms with Crippen molar-refractivity contribution in [1.82, 2.24) is 19.4 Å². The van der Waals surface area contributed by atoms with E-state index in [1.54, 1.807) is 6.20 Å². The normalized spacial score (nSPS) is 19.2. The van der Waals surface area contributed by atoms with Crippen LogP contribution >= 0.6 is 0 Å². The van der Waals surface area contributed by atoms with Gasteiger partial charge in [0.1, 0.15) is 5.82 Å². The van der Waals surface area contributed by atoms with Crippen molar-refractivity contribution in [3.05, 3.63) is 42.5 Å². The third-order valence-electron chi connectivity index (χ3n) is 5.92. The van der Waals surface area contributed by atoms with Crippen molar-refractivity contribution in [2.75, 3.05) is 31.5 Å². The van der Waals surface area contributed by atoms with Gasteiger partial charge in [-0.3, -0.25) is 4.90 Å². The predicted molar refractivity (Wildman–Crippen MR) is 107 cm³/mol. The molecular weight excluding hydrogens is 338 g/mol. The lowest BCUT2D eigenvalue weighted by Crippen LogP contribution is -2.53. The molecule has 2 aliphatic rings. The summed E-state index contributed by atoms with van der Waals surface area (Å²) < 4.78 is 2.02. The molecule has 6 heteroatoms. The quantitative estimate of drug-likeness (QED) is 0.901. The van der Waals surface area contributed by atoms with E-state index in [9.17, 15) is 4.79 Å². The van der Waals surface area contributed by atoms with Gasteiger partial charge in [-0.1, -0.05) is 19.3 Å². The van der Waals surface area contributed by atoms with Crippen LogP contribution in [0.5, 0.6) is 0 Å². The molecule has 0 radical (unpaired) electrons. The molecule has 2 aromatic rings.